The molecule has 4 saturated carbocycles. The average Bonchev–Trinajstić information content (AvgIpc) is 2.57. The Kier molecular flexibility index (Phi) is 0.734. The van der Waals surface area contributed by atoms with Gasteiger partial charge in [0.05, 0.1) is 11.7 Å². The average molecular weight is 166 g/mol. The maximum absolute atomic E-state index is 10.1. The van der Waals surface area contributed by atoms with Crippen molar-refractivity contribution < 1.29 is 10.2 Å². The van der Waals surface area contributed by atoms with Gasteiger partial charge < -0.3 is 10.2 Å². The highest BCUT2D eigenvalue weighted by Gasteiger charge is 2.82. The van der Waals surface area contributed by atoms with Gasteiger partial charge in [-0.25, -0.2) is 0 Å². The Hall–Kier alpha value is -0.0800. The molecule has 0 heterocycles. The van der Waals surface area contributed by atoms with Gasteiger partial charge in [-0.3, -0.25) is 0 Å². The first-order valence-corrected chi connectivity index (χ1v) is 5.07. The number of aliphatic hydroxyl groups is 2. The molecule has 4 aliphatic rings. The Labute approximate surface area is 71.6 Å². The number of fused-ring (bicyclic) bond motifs is 1. The summed E-state index contributed by atoms with van der Waals surface area (Å²) in [6, 6.07) is 0. The lowest BCUT2D eigenvalue weighted by Crippen LogP contribution is -2.43. The van der Waals surface area contributed by atoms with Crippen molar-refractivity contribution in [3.63, 3.8) is 0 Å². The van der Waals surface area contributed by atoms with Gasteiger partial charge in [0.15, 0.2) is 0 Å². The Balaban J connectivity index is 1.85. The van der Waals surface area contributed by atoms with Crippen molar-refractivity contribution in [1.82, 2.24) is 0 Å². The van der Waals surface area contributed by atoms with E-state index in [4.69, 9.17) is 0 Å². The van der Waals surface area contributed by atoms with Crippen molar-refractivity contribution in [2.45, 2.75) is 37.4 Å². The van der Waals surface area contributed by atoms with Crippen LogP contribution in [0.2, 0.25) is 0 Å². The molecule has 2 bridgehead atoms. The first-order chi connectivity index (χ1) is 5.66. The minimum Gasteiger partial charge on any atom is -0.393 e. The van der Waals surface area contributed by atoms with Crippen LogP contribution in [0.4, 0.5) is 0 Å². The standard InChI is InChI=1S/C10H14O2/c11-8-5-1-7-6(8)3-9(7)4-10(9,12)2-5/h5-8,11-12H,1-4H2. The van der Waals surface area contributed by atoms with Gasteiger partial charge in [-0.1, -0.05) is 0 Å². The summed E-state index contributed by atoms with van der Waals surface area (Å²) in [5, 5.41) is 20.0. The monoisotopic (exact) mass is 166 g/mol. The van der Waals surface area contributed by atoms with E-state index in [1.54, 1.807) is 0 Å². The quantitative estimate of drug-likeness (QED) is 0.551. The van der Waals surface area contributed by atoms with E-state index in [0.29, 0.717) is 23.2 Å². The second-order valence-electron chi connectivity index (χ2n) is 5.53. The summed E-state index contributed by atoms with van der Waals surface area (Å²) >= 11 is 0. The molecular formula is C10H14O2. The van der Waals surface area contributed by atoms with Crippen LogP contribution in [-0.4, -0.2) is 21.9 Å². The number of aliphatic hydroxyl groups excluding tert-OH is 1. The Morgan fingerprint density at radius 3 is 2.92 bits per heavy atom. The minimum absolute atomic E-state index is 0.0718. The second-order valence-corrected chi connectivity index (χ2v) is 5.53. The third kappa shape index (κ3) is 0.391. The van der Waals surface area contributed by atoms with Crippen LogP contribution in [0.3, 0.4) is 0 Å². The van der Waals surface area contributed by atoms with E-state index < -0.39 is 0 Å². The molecule has 0 aromatic carbocycles. The van der Waals surface area contributed by atoms with Gasteiger partial charge in [0, 0.05) is 5.41 Å². The summed E-state index contributed by atoms with van der Waals surface area (Å²) in [6.07, 6.45) is 4.18. The highest BCUT2D eigenvalue weighted by atomic mass is 16.3. The topological polar surface area (TPSA) is 40.5 Å². The predicted molar refractivity (Wildman–Crippen MR) is 42.3 cm³/mol. The Morgan fingerprint density at radius 1 is 1.25 bits per heavy atom. The van der Waals surface area contributed by atoms with Crippen LogP contribution >= 0.6 is 0 Å². The van der Waals surface area contributed by atoms with Crippen LogP contribution in [0.5, 0.6) is 0 Å². The molecule has 4 aliphatic carbocycles. The largest absolute Gasteiger partial charge is 0.393 e. The van der Waals surface area contributed by atoms with Gasteiger partial charge in [0.2, 0.25) is 0 Å². The highest BCUT2D eigenvalue weighted by Crippen LogP contribution is 2.82. The van der Waals surface area contributed by atoms with E-state index in [9.17, 15) is 10.2 Å². The third-order valence-electron chi connectivity index (χ3n) is 5.31. The predicted octanol–water partition coefficient (Wildman–Crippen LogP) is 0.528. The fourth-order valence-electron chi connectivity index (χ4n) is 4.67. The smallest absolute Gasteiger partial charge is 0.0717 e. The van der Waals surface area contributed by atoms with E-state index in [2.05, 4.69) is 0 Å². The molecule has 12 heavy (non-hydrogen) atoms. The van der Waals surface area contributed by atoms with Crippen LogP contribution < -0.4 is 0 Å². The molecule has 6 atom stereocenters. The first kappa shape index (κ1) is 6.39. The lowest BCUT2D eigenvalue weighted by molar-refractivity contribution is -0.0451. The van der Waals surface area contributed by atoms with Gasteiger partial charge in [-0.2, -0.15) is 0 Å². The van der Waals surface area contributed by atoms with Crippen molar-refractivity contribution >= 4 is 0 Å². The van der Waals surface area contributed by atoms with Gasteiger partial charge in [0.1, 0.15) is 0 Å². The molecule has 6 unspecified atom stereocenters. The van der Waals surface area contributed by atoms with Crippen LogP contribution in [0.25, 0.3) is 0 Å². The maximum Gasteiger partial charge on any atom is 0.0717 e. The lowest BCUT2D eigenvalue weighted by atomic mass is 9.60. The van der Waals surface area contributed by atoms with Crippen molar-refractivity contribution in [2.75, 3.05) is 0 Å². The summed E-state index contributed by atoms with van der Waals surface area (Å²) < 4.78 is 0. The molecule has 0 amide bonds. The maximum atomic E-state index is 10.1. The zero-order valence-corrected chi connectivity index (χ0v) is 7.03. The van der Waals surface area contributed by atoms with E-state index in [0.717, 1.165) is 19.3 Å². The van der Waals surface area contributed by atoms with Crippen LogP contribution in [0.15, 0.2) is 0 Å². The summed E-state index contributed by atoms with van der Waals surface area (Å²) in [6.45, 7) is 0. The van der Waals surface area contributed by atoms with E-state index in [-0.39, 0.29) is 11.7 Å². The van der Waals surface area contributed by atoms with E-state index >= 15 is 0 Å². The van der Waals surface area contributed by atoms with Gasteiger partial charge in [-0.05, 0) is 43.4 Å². The minimum atomic E-state index is -0.325. The molecular weight excluding hydrogens is 152 g/mol. The summed E-state index contributed by atoms with van der Waals surface area (Å²) in [5.74, 6) is 1.69. The van der Waals surface area contributed by atoms with Crippen molar-refractivity contribution in [1.29, 1.82) is 0 Å². The summed E-state index contributed by atoms with van der Waals surface area (Å²) in [5.41, 5.74) is -0.0137. The molecule has 0 aromatic heterocycles. The molecule has 2 N–H and O–H groups in total. The molecule has 4 fully saturated rings. The molecule has 0 radical (unpaired) electrons. The molecule has 0 saturated heterocycles. The molecule has 0 aromatic rings. The second kappa shape index (κ2) is 1.38. The van der Waals surface area contributed by atoms with Gasteiger partial charge in [-0.15, -0.1) is 0 Å². The van der Waals surface area contributed by atoms with E-state index in [1.165, 1.54) is 6.42 Å². The molecule has 66 valence electrons. The Morgan fingerprint density at radius 2 is 2.08 bits per heavy atom. The zero-order valence-electron chi connectivity index (χ0n) is 7.03. The fourth-order valence-corrected chi connectivity index (χ4v) is 4.67. The van der Waals surface area contributed by atoms with Crippen molar-refractivity contribution in [2.24, 2.45) is 23.2 Å². The van der Waals surface area contributed by atoms with Gasteiger partial charge >= 0.3 is 0 Å². The summed E-state index contributed by atoms with van der Waals surface area (Å²) in [7, 11) is 0. The molecule has 0 aliphatic heterocycles. The normalized spacial score (nSPS) is 76.5. The summed E-state index contributed by atoms with van der Waals surface area (Å²) in [4.78, 5) is 0. The number of rotatable bonds is 0. The molecule has 2 heteroatoms. The molecule has 1 spiro atoms. The first-order valence-electron chi connectivity index (χ1n) is 5.07. The van der Waals surface area contributed by atoms with Crippen LogP contribution in [0.1, 0.15) is 25.7 Å². The molecule has 2 nitrogen and oxygen atoms in total. The number of hydrogen-bond acceptors (Lipinski definition) is 2. The fraction of sp³-hybridized carbons (Fsp3) is 1.00. The lowest BCUT2D eigenvalue weighted by Gasteiger charge is -2.45. The Bertz CT molecular complexity index is 277. The van der Waals surface area contributed by atoms with Gasteiger partial charge in [0.25, 0.3) is 0 Å². The molecule has 4 rings (SSSR count). The van der Waals surface area contributed by atoms with E-state index in [1.807, 2.05) is 0 Å². The highest BCUT2D eigenvalue weighted by molar-refractivity contribution is 5.32. The third-order valence-corrected chi connectivity index (χ3v) is 5.31. The van der Waals surface area contributed by atoms with Crippen molar-refractivity contribution in [3.05, 3.63) is 0 Å². The SMILES string of the molecule is OC1C2CC3C1CC31CC1(O)C2. The number of hydrogen-bond donors (Lipinski definition) is 2. The van der Waals surface area contributed by atoms with Crippen LogP contribution in [0, 0.1) is 23.2 Å². The van der Waals surface area contributed by atoms with Crippen molar-refractivity contribution in [3.8, 4) is 0 Å². The zero-order chi connectivity index (χ0) is 8.14. The van der Waals surface area contributed by atoms with Crippen LogP contribution in [-0.2, 0) is 0 Å².